The van der Waals surface area contributed by atoms with Crippen molar-refractivity contribution >= 4 is 39.0 Å². The van der Waals surface area contributed by atoms with Crippen molar-refractivity contribution < 1.29 is 4.74 Å². The third kappa shape index (κ3) is 3.20. The zero-order valence-electron chi connectivity index (χ0n) is 10.7. The molecule has 0 bridgehead atoms. The fourth-order valence-corrected chi connectivity index (χ4v) is 4.83. The molecule has 1 aliphatic heterocycles. The van der Waals surface area contributed by atoms with Gasteiger partial charge in [0.1, 0.15) is 11.9 Å². The molecular formula is C14H15BrN2OS2. The number of halogens is 1. The fourth-order valence-electron chi connectivity index (χ4n) is 2.21. The van der Waals surface area contributed by atoms with Gasteiger partial charge >= 0.3 is 0 Å². The lowest BCUT2D eigenvalue weighted by atomic mass is 10.1. The quantitative estimate of drug-likeness (QED) is 0.639. The van der Waals surface area contributed by atoms with Crippen molar-refractivity contribution in [1.29, 1.82) is 0 Å². The summed E-state index contributed by atoms with van der Waals surface area (Å²) in [5, 5.41) is 0. The maximum atomic E-state index is 6.09. The third-order valence-electron chi connectivity index (χ3n) is 3.24. The number of para-hydroxylation sites is 1. The van der Waals surface area contributed by atoms with Gasteiger partial charge in [-0.3, -0.25) is 11.3 Å². The fraction of sp³-hybridized carbons (Fsp3) is 0.286. The highest BCUT2D eigenvalue weighted by molar-refractivity contribution is 9.11. The Morgan fingerprint density at radius 2 is 2.20 bits per heavy atom. The average molecular weight is 371 g/mol. The van der Waals surface area contributed by atoms with E-state index < -0.39 is 0 Å². The SMILES string of the molecule is NNC(Cc1ccc(Br)s1)C1CSc2ccccc2O1. The van der Waals surface area contributed by atoms with Crippen LogP contribution in [0.3, 0.4) is 0 Å². The number of hydrazine groups is 1. The van der Waals surface area contributed by atoms with Crippen molar-refractivity contribution in [2.75, 3.05) is 5.75 Å². The molecule has 0 saturated carbocycles. The van der Waals surface area contributed by atoms with Crippen LogP contribution >= 0.6 is 39.0 Å². The smallest absolute Gasteiger partial charge is 0.133 e. The van der Waals surface area contributed by atoms with Crippen molar-refractivity contribution in [3.8, 4) is 5.75 Å². The Morgan fingerprint density at radius 3 is 2.95 bits per heavy atom. The van der Waals surface area contributed by atoms with E-state index in [0.717, 1.165) is 21.7 Å². The molecule has 20 heavy (non-hydrogen) atoms. The number of benzene rings is 1. The van der Waals surface area contributed by atoms with Crippen LogP contribution in [0.1, 0.15) is 4.88 Å². The Labute approximate surface area is 135 Å². The highest BCUT2D eigenvalue weighted by atomic mass is 79.9. The summed E-state index contributed by atoms with van der Waals surface area (Å²) < 4.78 is 7.24. The lowest BCUT2D eigenvalue weighted by Gasteiger charge is -2.31. The topological polar surface area (TPSA) is 47.3 Å². The molecular weight excluding hydrogens is 356 g/mol. The molecule has 0 aliphatic carbocycles. The molecule has 2 unspecified atom stereocenters. The highest BCUT2D eigenvalue weighted by Crippen LogP contribution is 2.36. The van der Waals surface area contributed by atoms with Gasteiger partial charge in [0, 0.05) is 21.9 Å². The first kappa shape index (κ1) is 14.4. The van der Waals surface area contributed by atoms with E-state index in [1.807, 2.05) is 30.0 Å². The van der Waals surface area contributed by atoms with E-state index in [1.54, 1.807) is 11.3 Å². The second-order valence-corrected chi connectivity index (χ2v) is 8.21. The summed E-state index contributed by atoms with van der Waals surface area (Å²) in [5.41, 5.74) is 2.91. The summed E-state index contributed by atoms with van der Waals surface area (Å²) in [6.07, 6.45) is 0.959. The van der Waals surface area contributed by atoms with Crippen LogP contribution in [0.15, 0.2) is 45.1 Å². The summed E-state index contributed by atoms with van der Waals surface area (Å²) in [6.45, 7) is 0. The number of rotatable bonds is 4. The van der Waals surface area contributed by atoms with Gasteiger partial charge in [-0.2, -0.15) is 0 Å². The number of ether oxygens (including phenoxy) is 1. The third-order valence-corrected chi connectivity index (χ3v) is 6.03. The van der Waals surface area contributed by atoms with Gasteiger partial charge in [0.25, 0.3) is 0 Å². The van der Waals surface area contributed by atoms with Gasteiger partial charge in [0.05, 0.1) is 9.83 Å². The molecule has 0 saturated heterocycles. The monoisotopic (exact) mass is 370 g/mol. The minimum Gasteiger partial charge on any atom is -0.487 e. The summed E-state index contributed by atoms with van der Waals surface area (Å²) in [7, 11) is 0. The molecule has 6 heteroatoms. The highest BCUT2D eigenvalue weighted by Gasteiger charge is 2.28. The van der Waals surface area contributed by atoms with Crippen molar-refractivity contribution in [2.45, 2.75) is 23.5 Å². The van der Waals surface area contributed by atoms with E-state index in [1.165, 1.54) is 9.77 Å². The van der Waals surface area contributed by atoms with E-state index in [2.05, 4.69) is 39.6 Å². The first-order valence-corrected chi connectivity index (χ1v) is 8.94. The molecule has 3 rings (SSSR count). The van der Waals surface area contributed by atoms with Crippen LogP contribution in [0.4, 0.5) is 0 Å². The van der Waals surface area contributed by atoms with Crippen LogP contribution in [0, 0.1) is 0 Å². The molecule has 0 fully saturated rings. The number of hydrogen-bond donors (Lipinski definition) is 2. The first-order chi connectivity index (χ1) is 9.76. The van der Waals surface area contributed by atoms with Gasteiger partial charge in [0.15, 0.2) is 0 Å². The van der Waals surface area contributed by atoms with Crippen LogP contribution in [-0.2, 0) is 6.42 Å². The number of thioether (sulfide) groups is 1. The zero-order chi connectivity index (χ0) is 13.9. The average Bonchev–Trinajstić information content (AvgIpc) is 2.89. The molecule has 0 spiro atoms. The maximum Gasteiger partial charge on any atom is 0.133 e. The number of nitrogens with two attached hydrogens (primary N) is 1. The maximum absolute atomic E-state index is 6.09. The van der Waals surface area contributed by atoms with Gasteiger partial charge in [-0.15, -0.1) is 23.1 Å². The minimum atomic E-state index is 0.0841. The Hall–Kier alpha value is -0.530. The molecule has 1 aromatic carbocycles. The van der Waals surface area contributed by atoms with Crippen molar-refractivity contribution in [1.82, 2.24) is 5.43 Å². The lowest BCUT2D eigenvalue weighted by Crippen LogP contribution is -2.49. The van der Waals surface area contributed by atoms with E-state index in [-0.39, 0.29) is 12.1 Å². The van der Waals surface area contributed by atoms with Crippen molar-refractivity contribution in [3.63, 3.8) is 0 Å². The second kappa shape index (κ2) is 6.49. The summed E-state index contributed by atoms with van der Waals surface area (Å²) in [5.74, 6) is 7.61. The summed E-state index contributed by atoms with van der Waals surface area (Å²) in [4.78, 5) is 2.51. The molecule has 3 nitrogen and oxygen atoms in total. The van der Waals surface area contributed by atoms with E-state index in [9.17, 15) is 0 Å². The Bertz CT molecular complexity index is 590. The summed E-state index contributed by atoms with van der Waals surface area (Å²) >= 11 is 7.06. The summed E-state index contributed by atoms with van der Waals surface area (Å²) in [6, 6.07) is 12.5. The molecule has 1 aliphatic rings. The predicted octanol–water partition coefficient (Wildman–Crippen LogP) is 3.44. The number of hydrogen-bond acceptors (Lipinski definition) is 5. The van der Waals surface area contributed by atoms with Crippen LogP contribution < -0.4 is 16.0 Å². The molecule has 2 atom stereocenters. The Morgan fingerprint density at radius 1 is 1.35 bits per heavy atom. The van der Waals surface area contributed by atoms with E-state index in [4.69, 9.17) is 10.6 Å². The Balaban J connectivity index is 1.71. The Kier molecular flexibility index (Phi) is 4.68. The van der Waals surface area contributed by atoms with Crippen molar-refractivity contribution in [2.24, 2.45) is 5.84 Å². The normalized spacial score (nSPS) is 19.2. The van der Waals surface area contributed by atoms with Gasteiger partial charge in [-0.1, -0.05) is 12.1 Å². The molecule has 2 heterocycles. The molecule has 106 valence electrons. The van der Waals surface area contributed by atoms with E-state index in [0.29, 0.717) is 0 Å². The van der Waals surface area contributed by atoms with E-state index >= 15 is 0 Å². The number of nitrogens with one attached hydrogen (secondary N) is 1. The van der Waals surface area contributed by atoms with Crippen molar-refractivity contribution in [3.05, 3.63) is 45.1 Å². The lowest BCUT2D eigenvalue weighted by molar-refractivity contribution is 0.166. The molecule has 1 aromatic heterocycles. The first-order valence-electron chi connectivity index (χ1n) is 6.35. The van der Waals surface area contributed by atoms with Gasteiger partial charge in [-0.05, 0) is 40.2 Å². The van der Waals surface area contributed by atoms with Crippen LogP contribution in [-0.4, -0.2) is 17.9 Å². The number of thiophene rings is 1. The molecule has 3 N–H and O–H groups in total. The van der Waals surface area contributed by atoms with Crippen LogP contribution in [0.25, 0.3) is 0 Å². The standard InChI is InChI=1S/C14H15BrN2OS2/c15-14-6-5-9(20-14)7-10(17-16)12-8-19-13-4-2-1-3-11(13)18-12/h1-6,10,12,17H,7-8,16H2. The molecule has 0 amide bonds. The second-order valence-electron chi connectivity index (χ2n) is 4.60. The largest absolute Gasteiger partial charge is 0.487 e. The zero-order valence-corrected chi connectivity index (χ0v) is 13.9. The van der Waals surface area contributed by atoms with Crippen LogP contribution in [0.2, 0.25) is 0 Å². The van der Waals surface area contributed by atoms with Gasteiger partial charge in [-0.25, -0.2) is 0 Å². The molecule has 0 radical (unpaired) electrons. The van der Waals surface area contributed by atoms with Gasteiger partial charge in [0.2, 0.25) is 0 Å². The minimum absolute atomic E-state index is 0.0841. The van der Waals surface area contributed by atoms with Gasteiger partial charge < -0.3 is 4.74 Å². The van der Waals surface area contributed by atoms with Crippen LogP contribution in [0.5, 0.6) is 5.75 Å². The molecule has 2 aromatic rings. The number of fused-ring (bicyclic) bond motifs is 1. The predicted molar refractivity (Wildman–Crippen MR) is 88.4 cm³/mol.